The lowest BCUT2D eigenvalue weighted by Gasteiger charge is -2.14. The first kappa shape index (κ1) is 12.9. The third kappa shape index (κ3) is 7.77. The number of hydrogen-bond acceptors (Lipinski definition) is 3. The molecule has 1 rings (SSSR count). The summed E-state index contributed by atoms with van der Waals surface area (Å²) < 4.78 is 5.29. The van der Waals surface area contributed by atoms with Gasteiger partial charge in [-0.05, 0) is 46.1 Å². The van der Waals surface area contributed by atoms with E-state index in [-0.39, 0.29) is 0 Å². The van der Waals surface area contributed by atoms with Crippen LogP contribution < -0.4 is 10.6 Å². The van der Waals surface area contributed by atoms with E-state index in [1.807, 2.05) is 6.92 Å². The van der Waals surface area contributed by atoms with Crippen LogP contribution in [0.25, 0.3) is 0 Å². The summed E-state index contributed by atoms with van der Waals surface area (Å²) >= 11 is 0. The SMILES string of the molecule is CCOCCCCNC(C)CNC1CC1. The highest BCUT2D eigenvalue weighted by molar-refractivity contribution is 4.82. The van der Waals surface area contributed by atoms with E-state index in [1.54, 1.807) is 0 Å². The number of unbranched alkanes of at least 4 members (excludes halogenated alkanes) is 1. The van der Waals surface area contributed by atoms with Crippen molar-refractivity contribution in [3.05, 3.63) is 0 Å². The largest absolute Gasteiger partial charge is 0.382 e. The number of rotatable bonds is 10. The first-order valence-electron chi connectivity index (χ1n) is 6.37. The van der Waals surface area contributed by atoms with Gasteiger partial charge in [0.1, 0.15) is 0 Å². The lowest BCUT2D eigenvalue weighted by molar-refractivity contribution is 0.143. The summed E-state index contributed by atoms with van der Waals surface area (Å²) in [7, 11) is 0. The van der Waals surface area contributed by atoms with Crippen LogP contribution in [0.4, 0.5) is 0 Å². The van der Waals surface area contributed by atoms with Gasteiger partial charge in [-0.1, -0.05) is 0 Å². The lowest BCUT2D eigenvalue weighted by Crippen LogP contribution is -2.37. The second kappa shape index (κ2) is 8.08. The molecule has 0 spiro atoms. The Morgan fingerprint density at radius 1 is 1.33 bits per heavy atom. The molecule has 0 aromatic rings. The standard InChI is InChI=1S/C12H26N2O/c1-3-15-9-5-4-8-13-11(2)10-14-12-6-7-12/h11-14H,3-10H2,1-2H3. The molecule has 1 aliphatic carbocycles. The maximum Gasteiger partial charge on any atom is 0.0466 e. The maximum absolute atomic E-state index is 5.29. The molecule has 0 saturated heterocycles. The summed E-state index contributed by atoms with van der Waals surface area (Å²) in [6.45, 7) is 8.26. The van der Waals surface area contributed by atoms with Crippen molar-refractivity contribution < 1.29 is 4.74 Å². The van der Waals surface area contributed by atoms with Crippen molar-refractivity contribution in [2.24, 2.45) is 0 Å². The molecule has 0 radical (unpaired) electrons. The predicted molar refractivity (Wildman–Crippen MR) is 64.2 cm³/mol. The van der Waals surface area contributed by atoms with E-state index in [9.17, 15) is 0 Å². The van der Waals surface area contributed by atoms with Gasteiger partial charge in [-0.25, -0.2) is 0 Å². The quantitative estimate of drug-likeness (QED) is 0.541. The fourth-order valence-electron chi connectivity index (χ4n) is 1.52. The third-order valence-corrected chi connectivity index (χ3v) is 2.70. The lowest BCUT2D eigenvalue weighted by atomic mass is 10.3. The van der Waals surface area contributed by atoms with Crippen LogP contribution in [0.3, 0.4) is 0 Å². The molecular formula is C12H26N2O. The van der Waals surface area contributed by atoms with Crippen molar-refractivity contribution in [3.63, 3.8) is 0 Å². The summed E-state index contributed by atoms with van der Waals surface area (Å²) in [5, 5.41) is 7.05. The molecule has 15 heavy (non-hydrogen) atoms. The van der Waals surface area contributed by atoms with E-state index < -0.39 is 0 Å². The van der Waals surface area contributed by atoms with Crippen LogP contribution in [-0.2, 0) is 4.74 Å². The van der Waals surface area contributed by atoms with Gasteiger partial charge in [0.25, 0.3) is 0 Å². The Hall–Kier alpha value is -0.120. The summed E-state index contributed by atoms with van der Waals surface area (Å²) in [4.78, 5) is 0. The molecule has 0 aliphatic heterocycles. The molecule has 90 valence electrons. The minimum atomic E-state index is 0.595. The van der Waals surface area contributed by atoms with Gasteiger partial charge in [-0.15, -0.1) is 0 Å². The van der Waals surface area contributed by atoms with Gasteiger partial charge >= 0.3 is 0 Å². The minimum Gasteiger partial charge on any atom is -0.382 e. The topological polar surface area (TPSA) is 33.3 Å². The van der Waals surface area contributed by atoms with Crippen molar-refractivity contribution in [2.75, 3.05) is 26.3 Å². The van der Waals surface area contributed by atoms with E-state index in [1.165, 1.54) is 25.7 Å². The van der Waals surface area contributed by atoms with Crippen LogP contribution in [0.5, 0.6) is 0 Å². The summed E-state index contributed by atoms with van der Waals surface area (Å²) in [6, 6.07) is 1.42. The number of ether oxygens (including phenoxy) is 1. The minimum absolute atomic E-state index is 0.595. The number of nitrogens with one attached hydrogen (secondary N) is 2. The normalized spacial score (nSPS) is 18.0. The smallest absolute Gasteiger partial charge is 0.0466 e. The molecule has 3 heteroatoms. The van der Waals surface area contributed by atoms with Crippen molar-refractivity contribution in [3.8, 4) is 0 Å². The molecule has 1 saturated carbocycles. The highest BCUT2D eigenvalue weighted by Crippen LogP contribution is 2.18. The fraction of sp³-hybridized carbons (Fsp3) is 1.00. The zero-order valence-corrected chi connectivity index (χ0v) is 10.2. The van der Waals surface area contributed by atoms with Crippen molar-refractivity contribution in [1.82, 2.24) is 10.6 Å². The van der Waals surface area contributed by atoms with Gasteiger partial charge in [-0.3, -0.25) is 0 Å². The molecule has 2 N–H and O–H groups in total. The van der Waals surface area contributed by atoms with E-state index in [2.05, 4.69) is 17.6 Å². The second-order valence-electron chi connectivity index (χ2n) is 4.44. The van der Waals surface area contributed by atoms with Gasteiger partial charge in [0.2, 0.25) is 0 Å². The molecular weight excluding hydrogens is 188 g/mol. The first-order chi connectivity index (χ1) is 7.33. The molecule has 1 atom stereocenters. The molecule has 1 unspecified atom stereocenters. The molecule has 3 nitrogen and oxygen atoms in total. The Kier molecular flexibility index (Phi) is 6.98. The first-order valence-corrected chi connectivity index (χ1v) is 6.37. The van der Waals surface area contributed by atoms with Gasteiger partial charge in [0, 0.05) is 31.8 Å². The Labute approximate surface area is 94.0 Å². The Bertz CT molecular complexity index is 149. The summed E-state index contributed by atoms with van der Waals surface area (Å²) in [5.41, 5.74) is 0. The van der Waals surface area contributed by atoms with Crippen LogP contribution in [0.2, 0.25) is 0 Å². The van der Waals surface area contributed by atoms with Gasteiger partial charge < -0.3 is 15.4 Å². The molecule has 1 fully saturated rings. The Balaban J connectivity index is 1.77. The molecule has 0 aromatic heterocycles. The zero-order chi connectivity index (χ0) is 10.9. The van der Waals surface area contributed by atoms with Gasteiger partial charge in [-0.2, -0.15) is 0 Å². The average Bonchev–Trinajstić information content (AvgIpc) is 3.04. The Morgan fingerprint density at radius 3 is 2.80 bits per heavy atom. The maximum atomic E-state index is 5.29. The molecule has 0 amide bonds. The molecule has 0 bridgehead atoms. The van der Waals surface area contributed by atoms with Crippen LogP contribution >= 0.6 is 0 Å². The van der Waals surface area contributed by atoms with Crippen LogP contribution in [-0.4, -0.2) is 38.4 Å². The number of hydrogen-bond donors (Lipinski definition) is 2. The van der Waals surface area contributed by atoms with E-state index >= 15 is 0 Å². The second-order valence-corrected chi connectivity index (χ2v) is 4.44. The molecule has 1 aliphatic rings. The summed E-state index contributed by atoms with van der Waals surface area (Å²) in [5.74, 6) is 0. The summed E-state index contributed by atoms with van der Waals surface area (Å²) in [6.07, 6.45) is 5.14. The van der Waals surface area contributed by atoms with Crippen molar-refractivity contribution in [2.45, 2.75) is 51.6 Å². The highest BCUT2D eigenvalue weighted by atomic mass is 16.5. The van der Waals surface area contributed by atoms with E-state index in [0.29, 0.717) is 6.04 Å². The van der Waals surface area contributed by atoms with Crippen molar-refractivity contribution in [1.29, 1.82) is 0 Å². The third-order valence-electron chi connectivity index (χ3n) is 2.70. The van der Waals surface area contributed by atoms with Crippen LogP contribution in [0, 0.1) is 0 Å². The van der Waals surface area contributed by atoms with Crippen molar-refractivity contribution >= 4 is 0 Å². The van der Waals surface area contributed by atoms with Crippen LogP contribution in [0.1, 0.15) is 39.5 Å². The highest BCUT2D eigenvalue weighted by Gasteiger charge is 2.20. The molecule has 0 heterocycles. The zero-order valence-electron chi connectivity index (χ0n) is 10.2. The van der Waals surface area contributed by atoms with Gasteiger partial charge in [0.05, 0.1) is 0 Å². The fourth-order valence-corrected chi connectivity index (χ4v) is 1.52. The average molecular weight is 214 g/mol. The molecule has 0 aromatic carbocycles. The van der Waals surface area contributed by atoms with E-state index in [4.69, 9.17) is 4.74 Å². The van der Waals surface area contributed by atoms with Crippen LogP contribution in [0.15, 0.2) is 0 Å². The Morgan fingerprint density at radius 2 is 2.13 bits per heavy atom. The predicted octanol–water partition coefficient (Wildman–Crippen LogP) is 1.53. The van der Waals surface area contributed by atoms with Gasteiger partial charge in [0.15, 0.2) is 0 Å². The monoisotopic (exact) mass is 214 g/mol. The van der Waals surface area contributed by atoms with E-state index in [0.717, 1.165) is 32.3 Å².